The van der Waals surface area contributed by atoms with E-state index in [4.69, 9.17) is 4.74 Å². The second-order valence-corrected chi connectivity index (χ2v) is 9.97. The van der Waals surface area contributed by atoms with Gasteiger partial charge in [0.15, 0.2) is 5.78 Å². The van der Waals surface area contributed by atoms with Crippen LogP contribution in [0.25, 0.3) is 0 Å². The first-order chi connectivity index (χ1) is 15.8. The lowest BCUT2D eigenvalue weighted by molar-refractivity contribution is 0.0644. The van der Waals surface area contributed by atoms with Gasteiger partial charge in [0.2, 0.25) is 10.0 Å². The average molecular weight is 479 g/mol. The standard InChI is InChI=1S/C23H24F2N2O5S/c24-17-5-6-20(25)19(15-17)22(28)16-7-9-26(10-8-16)23(29)18-3-1-2-4-21(18)33(30,31)27-11-13-32-14-12-27/h1-6,15-16H,7-14H2. The van der Waals surface area contributed by atoms with Crippen molar-refractivity contribution in [2.45, 2.75) is 17.7 Å². The number of ether oxygens (including phenoxy) is 1. The van der Waals surface area contributed by atoms with Crippen LogP contribution < -0.4 is 0 Å². The van der Waals surface area contributed by atoms with Crippen molar-refractivity contribution < 1.29 is 31.5 Å². The molecule has 0 N–H and O–H groups in total. The van der Waals surface area contributed by atoms with Gasteiger partial charge in [-0.25, -0.2) is 17.2 Å². The third kappa shape index (κ3) is 4.83. The number of halogens is 2. The number of benzene rings is 2. The molecule has 0 unspecified atom stereocenters. The molecule has 2 aromatic carbocycles. The van der Waals surface area contributed by atoms with Crippen LogP contribution in [0.5, 0.6) is 0 Å². The van der Waals surface area contributed by atoms with Gasteiger partial charge in [0, 0.05) is 32.1 Å². The minimum Gasteiger partial charge on any atom is -0.379 e. The van der Waals surface area contributed by atoms with Crippen LogP contribution in [0.1, 0.15) is 33.6 Å². The van der Waals surface area contributed by atoms with E-state index in [1.807, 2.05) is 0 Å². The van der Waals surface area contributed by atoms with E-state index in [0.29, 0.717) is 13.2 Å². The van der Waals surface area contributed by atoms with E-state index in [0.717, 1.165) is 18.2 Å². The highest BCUT2D eigenvalue weighted by atomic mass is 32.2. The Morgan fingerprint density at radius 3 is 2.27 bits per heavy atom. The molecule has 0 saturated carbocycles. The maximum absolute atomic E-state index is 14.0. The van der Waals surface area contributed by atoms with E-state index in [2.05, 4.69) is 0 Å². The third-order valence-electron chi connectivity index (χ3n) is 6.05. The van der Waals surface area contributed by atoms with Gasteiger partial charge in [0.1, 0.15) is 11.6 Å². The molecule has 2 aromatic rings. The summed E-state index contributed by atoms with van der Waals surface area (Å²) in [5.74, 6) is -2.94. The maximum Gasteiger partial charge on any atom is 0.255 e. The lowest BCUT2D eigenvalue weighted by atomic mass is 9.88. The Labute approximate surface area is 191 Å². The summed E-state index contributed by atoms with van der Waals surface area (Å²) in [5.41, 5.74) is -0.216. The molecule has 33 heavy (non-hydrogen) atoms. The van der Waals surface area contributed by atoms with Crippen LogP contribution in [-0.4, -0.2) is 68.7 Å². The number of sulfonamides is 1. The number of morpholine rings is 1. The molecule has 0 aromatic heterocycles. The average Bonchev–Trinajstić information content (AvgIpc) is 2.85. The highest BCUT2D eigenvalue weighted by molar-refractivity contribution is 7.89. The number of carbonyl (C=O) groups excluding carboxylic acids is 2. The van der Waals surface area contributed by atoms with Gasteiger partial charge in [-0.2, -0.15) is 4.31 Å². The Bertz CT molecular complexity index is 1160. The third-order valence-corrected chi connectivity index (χ3v) is 8.01. The van der Waals surface area contributed by atoms with Gasteiger partial charge in [-0.1, -0.05) is 12.1 Å². The molecule has 2 heterocycles. The second kappa shape index (κ2) is 9.66. The Hall–Kier alpha value is -2.69. The summed E-state index contributed by atoms with van der Waals surface area (Å²) in [4.78, 5) is 27.3. The number of likely N-dealkylation sites (tertiary alicyclic amines) is 1. The van der Waals surface area contributed by atoms with Gasteiger partial charge in [-0.05, 0) is 43.2 Å². The first-order valence-electron chi connectivity index (χ1n) is 10.7. The van der Waals surface area contributed by atoms with Crippen molar-refractivity contribution in [1.82, 2.24) is 9.21 Å². The minimum absolute atomic E-state index is 0.0584. The predicted molar refractivity (Wildman–Crippen MR) is 115 cm³/mol. The predicted octanol–water partition coefficient (Wildman–Crippen LogP) is 2.72. The molecule has 10 heteroatoms. The van der Waals surface area contributed by atoms with E-state index < -0.39 is 39.3 Å². The van der Waals surface area contributed by atoms with Crippen LogP contribution >= 0.6 is 0 Å². The second-order valence-electron chi connectivity index (χ2n) is 8.07. The summed E-state index contributed by atoms with van der Waals surface area (Å²) in [6, 6.07) is 8.85. The molecule has 2 aliphatic rings. The van der Waals surface area contributed by atoms with E-state index in [-0.39, 0.29) is 55.0 Å². The molecule has 2 aliphatic heterocycles. The fourth-order valence-corrected chi connectivity index (χ4v) is 5.81. The molecule has 0 aliphatic carbocycles. The number of rotatable bonds is 5. The molecule has 176 valence electrons. The van der Waals surface area contributed by atoms with E-state index >= 15 is 0 Å². The maximum atomic E-state index is 14.0. The first-order valence-corrected chi connectivity index (χ1v) is 12.2. The van der Waals surface area contributed by atoms with Gasteiger partial charge < -0.3 is 9.64 Å². The molecular weight excluding hydrogens is 454 g/mol. The quantitative estimate of drug-likeness (QED) is 0.617. The summed E-state index contributed by atoms with van der Waals surface area (Å²) < 4.78 is 60.3. The molecule has 2 fully saturated rings. The van der Waals surface area contributed by atoms with Gasteiger partial charge >= 0.3 is 0 Å². The van der Waals surface area contributed by atoms with Gasteiger partial charge in [-0.15, -0.1) is 0 Å². The zero-order valence-electron chi connectivity index (χ0n) is 17.9. The summed E-state index contributed by atoms with van der Waals surface area (Å²) in [7, 11) is -3.87. The number of amides is 1. The van der Waals surface area contributed by atoms with E-state index in [1.165, 1.54) is 21.3 Å². The number of hydrogen-bond acceptors (Lipinski definition) is 5. The molecule has 2 saturated heterocycles. The lowest BCUT2D eigenvalue weighted by Gasteiger charge is -2.32. The Morgan fingerprint density at radius 1 is 0.909 bits per heavy atom. The molecule has 0 spiro atoms. The monoisotopic (exact) mass is 478 g/mol. The van der Waals surface area contributed by atoms with E-state index in [1.54, 1.807) is 12.1 Å². The van der Waals surface area contributed by atoms with Gasteiger partial charge in [-0.3, -0.25) is 9.59 Å². The van der Waals surface area contributed by atoms with Crippen molar-refractivity contribution in [3.8, 4) is 0 Å². The minimum atomic E-state index is -3.87. The highest BCUT2D eigenvalue weighted by Crippen LogP contribution is 2.27. The van der Waals surface area contributed by atoms with Crippen molar-refractivity contribution in [2.24, 2.45) is 5.92 Å². The van der Waals surface area contributed by atoms with Crippen LogP contribution in [0.15, 0.2) is 47.4 Å². The number of hydrogen-bond donors (Lipinski definition) is 0. The molecular formula is C23H24F2N2O5S. The molecule has 4 rings (SSSR count). The molecule has 0 atom stereocenters. The summed E-state index contributed by atoms with van der Waals surface area (Å²) in [6.45, 7) is 1.44. The zero-order chi connectivity index (χ0) is 23.6. The van der Waals surface area contributed by atoms with Crippen molar-refractivity contribution in [1.29, 1.82) is 0 Å². The summed E-state index contributed by atoms with van der Waals surface area (Å²) in [5, 5.41) is 0. The normalized spacial score (nSPS) is 18.3. The van der Waals surface area contributed by atoms with Crippen molar-refractivity contribution in [2.75, 3.05) is 39.4 Å². The van der Waals surface area contributed by atoms with Gasteiger partial charge in [0.05, 0.1) is 29.2 Å². The van der Waals surface area contributed by atoms with Crippen LogP contribution in [0.3, 0.4) is 0 Å². The SMILES string of the molecule is O=C(c1cc(F)ccc1F)C1CCN(C(=O)c2ccccc2S(=O)(=O)N2CCOCC2)CC1. The first kappa shape index (κ1) is 23.5. The Kier molecular flexibility index (Phi) is 6.87. The topological polar surface area (TPSA) is 84.0 Å². The summed E-state index contributed by atoms with van der Waals surface area (Å²) >= 11 is 0. The van der Waals surface area contributed by atoms with Crippen LogP contribution in [0.2, 0.25) is 0 Å². The number of nitrogens with zero attached hydrogens (tertiary/aromatic N) is 2. The number of Topliss-reactive ketones (excluding diaryl/α,β-unsaturated/α-hetero) is 1. The fourth-order valence-electron chi connectivity index (χ4n) is 4.22. The molecule has 0 radical (unpaired) electrons. The van der Waals surface area contributed by atoms with Crippen molar-refractivity contribution in [3.63, 3.8) is 0 Å². The van der Waals surface area contributed by atoms with Crippen LogP contribution in [0, 0.1) is 17.6 Å². The van der Waals surface area contributed by atoms with Crippen LogP contribution in [0.4, 0.5) is 8.78 Å². The largest absolute Gasteiger partial charge is 0.379 e. The van der Waals surface area contributed by atoms with Crippen molar-refractivity contribution >= 4 is 21.7 Å². The molecule has 7 nitrogen and oxygen atoms in total. The smallest absolute Gasteiger partial charge is 0.255 e. The fraction of sp³-hybridized carbons (Fsp3) is 0.391. The zero-order valence-corrected chi connectivity index (χ0v) is 18.7. The van der Waals surface area contributed by atoms with Gasteiger partial charge in [0.25, 0.3) is 5.91 Å². The Balaban J connectivity index is 1.49. The van der Waals surface area contributed by atoms with Crippen molar-refractivity contribution in [3.05, 3.63) is 65.2 Å². The van der Waals surface area contributed by atoms with Crippen LogP contribution in [-0.2, 0) is 14.8 Å². The highest BCUT2D eigenvalue weighted by Gasteiger charge is 2.34. The molecule has 0 bridgehead atoms. The number of piperidine rings is 1. The Morgan fingerprint density at radius 2 is 1.58 bits per heavy atom. The number of ketones is 1. The molecule has 1 amide bonds. The van der Waals surface area contributed by atoms with E-state index in [9.17, 15) is 26.8 Å². The lowest BCUT2D eigenvalue weighted by Crippen LogP contribution is -2.43. The summed E-state index contributed by atoms with van der Waals surface area (Å²) in [6.07, 6.45) is 0.553. The number of carbonyl (C=O) groups is 2.